The number of fused-ring (bicyclic) bond motifs is 1. The smallest absolute Gasteiger partial charge is 0.266 e. The van der Waals surface area contributed by atoms with Gasteiger partial charge in [0, 0.05) is 27.5 Å². The fourth-order valence-corrected chi connectivity index (χ4v) is 4.00. The van der Waals surface area contributed by atoms with Crippen molar-refractivity contribution in [3.8, 4) is 0 Å². The van der Waals surface area contributed by atoms with Crippen molar-refractivity contribution in [2.45, 2.75) is 6.54 Å². The second-order valence-corrected chi connectivity index (χ2v) is 6.83. The molecule has 0 atom stereocenters. The van der Waals surface area contributed by atoms with Crippen LogP contribution < -0.4 is 5.73 Å². The van der Waals surface area contributed by atoms with E-state index in [4.69, 9.17) is 17.3 Å². The van der Waals surface area contributed by atoms with E-state index in [1.807, 2.05) is 17.5 Å². The number of amides is 1. The lowest BCUT2D eigenvalue weighted by atomic mass is 10.2. The molecule has 0 spiro atoms. The Hall–Kier alpha value is -1.63. The minimum Gasteiger partial charge on any atom is -0.397 e. The van der Waals surface area contributed by atoms with Gasteiger partial charge in [0.1, 0.15) is 4.88 Å². The average Bonchev–Trinajstić information content (AvgIpc) is 3.06. The normalized spacial score (nSPS) is 11.0. The van der Waals surface area contributed by atoms with E-state index in [1.54, 1.807) is 23.5 Å². The number of nitrogen functional groups attached to an aromatic ring is 1. The molecule has 3 aromatic rings. The maximum absolute atomic E-state index is 12.5. The fourth-order valence-electron chi connectivity index (χ4n) is 2.05. The van der Waals surface area contributed by atoms with Gasteiger partial charge in [-0.2, -0.15) is 0 Å². The van der Waals surface area contributed by atoms with E-state index in [-0.39, 0.29) is 5.91 Å². The van der Waals surface area contributed by atoms with Gasteiger partial charge in [0.15, 0.2) is 0 Å². The molecule has 7 heteroatoms. The highest BCUT2D eigenvalue weighted by atomic mass is 35.5. The molecule has 0 aliphatic carbocycles. The predicted molar refractivity (Wildman–Crippen MR) is 89.2 cm³/mol. The summed E-state index contributed by atoms with van der Waals surface area (Å²) in [6.45, 7) is 0.469. The van der Waals surface area contributed by atoms with E-state index in [1.165, 1.54) is 22.7 Å². The second-order valence-electron chi connectivity index (χ2n) is 4.63. The van der Waals surface area contributed by atoms with E-state index < -0.39 is 0 Å². The minimum atomic E-state index is -0.0992. The van der Waals surface area contributed by atoms with Crippen LogP contribution in [0, 0.1) is 0 Å². The number of hydrogen-bond acceptors (Lipinski definition) is 5. The molecule has 2 heterocycles. The Bertz CT molecular complexity index is 798. The molecule has 0 saturated carbocycles. The SMILES string of the molecule is CN(Cc1cscn1)C(=O)c1sc2cc(Cl)ccc2c1N. The largest absolute Gasteiger partial charge is 0.397 e. The molecular weight excluding hydrogens is 326 g/mol. The maximum Gasteiger partial charge on any atom is 0.266 e. The van der Waals surface area contributed by atoms with Crippen LogP contribution >= 0.6 is 34.3 Å². The van der Waals surface area contributed by atoms with Crippen LogP contribution in [-0.2, 0) is 6.54 Å². The molecule has 3 rings (SSSR count). The van der Waals surface area contributed by atoms with Crippen LogP contribution in [0.3, 0.4) is 0 Å². The van der Waals surface area contributed by atoms with E-state index in [2.05, 4.69) is 4.98 Å². The van der Waals surface area contributed by atoms with Crippen molar-refractivity contribution in [2.75, 3.05) is 12.8 Å². The number of halogens is 1. The molecule has 0 aliphatic heterocycles. The van der Waals surface area contributed by atoms with Gasteiger partial charge < -0.3 is 10.6 Å². The number of nitrogens with two attached hydrogens (primary N) is 1. The van der Waals surface area contributed by atoms with Crippen LogP contribution in [0.25, 0.3) is 10.1 Å². The lowest BCUT2D eigenvalue weighted by Gasteiger charge is -2.15. The lowest BCUT2D eigenvalue weighted by Crippen LogP contribution is -2.26. The van der Waals surface area contributed by atoms with Crippen LogP contribution in [0.1, 0.15) is 15.4 Å². The Kier molecular flexibility index (Phi) is 3.84. The zero-order valence-electron chi connectivity index (χ0n) is 11.2. The number of thiophene rings is 1. The summed E-state index contributed by atoms with van der Waals surface area (Å²) in [6, 6.07) is 5.45. The van der Waals surface area contributed by atoms with Crippen molar-refractivity contribution in [1.29, 1.82) is 0 Å². The molecule has 108 valence electrons. The molecule has 21 heavy (non-hydrogen) atoms. The third-order valence-electron chi connectivity index (χ3n) is 3.11. The predicted octanol–water partition coefficient (Wildman–Crippen LogP) is 3.87. The highest BCUT2D eigenvalue weighted by Gasteiger charge is 2.20. The number of aromatic nitrogens is 1. The van der Waals surface area contributed by atoms with Crippen molar-refractivity contribution in [1.82, 2.24) is 9.88 Å². The molecule has 2 aromatic heterocycles. The van der Waals surface area contributed by atoms with E-state index in [9.17, 15) is 4.79 Å². The van der Waals surface area contributed by atoms with Gasteiger partial charge >= 0.3 is 0 Å². The standard InChI is InChI=1S/C14H12ClN3OS2/c1-18(5-9-6-20-7-17-9)14(19)13-12(16)10-3-2-8(15)4-11(10)21-13/h2-4,6-7H,5,16H2,1H3. The van der Waals surface area contributed by atoms with E-state index >= 15 is 0 Å². The minimum absolute atomic E-state index is 0.0992. The number of nitrogens with zero attached hydrogens (tertiary/aromatic N) is 2. The first-order chi connectivity index (χ1) is 10.1. The van der Waals surface area contributed by atoms with Gasteiger partial charge in [0.2, 0.25) is 0 Å². The summed E-state index contributed by atoms with van der Waals surface area (Å²) in [5.74, 6) is -0.0992. The second kappa shape index (κ2) is 5.63. The van der Waals surface area contributed by atoms with Gasteiger partial charge in [0.25, 0.3) is 5.91 Å². The van der Waals surface area contributed by atoms with Crippen LogP contribution in [0.2, 0.25) is 5.02 Å². The molecule has 0 radical (unpaired) electrons. The number of hydrogen-bond donors (Lipinski definition) is 1. The molecule has 0 bridgehead atoms. The van der Waals surface area contributed by atoms with Crippen molar-refractivity contribution in [3.63, 3.8) is 0 Å². The molecule has 0 unspecified atom stereocenters. The summed E-state index contributed by atoms with van der Waals surface area (Å²) in [5.41, 5.74) is 9.25. The first-order valence-corrected chi connectivity index (χ1v) is 8.30. The van der Waals surface area contributed by atoms with Crippen molar-refractivity contribution in [2.24, 2.45) is 0 Å². The summed E-state index contributed by atoms with van der Waals surface area (Å²) in [4.78, 5) is 18.9. The van der Waals surface area contributed by atoms with Crippen molar-refractivity contribution in [3.05, 3.63) is 44.7 Å². The fraction of sp³-hybridized carbons (Fsp3) is 0.143. The molecule has 4 nitrogen and oxygen atoms in total. The summed E-state index contributed by atoms with van der Waals surface area (Å²) >= 11 is 8.86. The topological polar surface area (TPSA) is 59.2 Å². The zero-order valence-corrected chi connectivity index (χ0v) is 13.6. The Morgan fingerprint density at radius 1 is 1.48 bits per heavy atom. The van der Waals surface area contributed by atoms with Crippen LogP contribution in [-0.4, -0.2) is 22.8 Å². The Morgan fingerprint density at radius 3 is 3.00 bits per heavy atom. The van der Waals surface area contributed by atoms with Gasteiger partial charge in [-0.05, 0) is 18.2 Å². The third kappa shape index (κ3) is 2.74. The molecule has 0 aliphatic rings. The Balaban J connectivity index is 1.92. The number of benzene rings is 1. The van der Waals surface area contributed by atoms with Gasteiger partial charge in [-0.15, -0.1) is 22.7 Å². The third-order valence-corrected chi connectivity index (χ3v) is 5.14. The highest BCUT2D eigenvalue weighted by Crippen LogP contribution is 2.35. The quantitative estimate of drug-likeness (QED) is 0.789. The van der Waals surface area contributed by atoms with Crippen LogP contribution in [0.5, 0.6) is 0 Å². The number of rotatable bonds is 3. The summed E-state index contributed by atoms with van der Waals surface area (Å²) in [5, 5.41) is 3.44. The van der Waals surface area contributed by atoms with Crippen molar-refractivity contribution >= 4 is 56.0 Å². The molecular formula is C14H12ClN3OS2. The monoisotopic (exact) mass is 337 g/mol. The van der Waals surface area contributed by atoms with Gasteiger partial charge in [0.05, 0.1) is 23.4 Å². The Morgan fingerprint density at radius 2 is 2.29 bits per heavy atom. The zero-order chi connectivity index (χ0) is 15.0. The van der Waals surface area contributed by atoms with E-state index in [0.29, 0.717) is 22.1 Å². The van der Waals surface area contributed by atoms with E-state index in [0.717, 1.165) is 15.8 Å². The maximum atomic E-state index is 12.5. The average molecular weight is 338 g/mol. The lowest BCUT2D eigenvalue weighted by molar-refractivity contribution is 0.0789. The molecule has 0 saturated heterocycles. The summed E-state index contributed by atoms with van der Waals surface area (Å²) in [6.07, 6.45) is 0. The van der Waals surface area contributed by atoms with Crippen LogP contribution in [0.15, 0.2) is 29.1 Å². The summed E-state index contributed by atoms with van der Waals surface area (Å²) < 4.78 is 0.922. The van der Waals surface area contributed by atoms with Gasteiger partial charge in [-0.25, -0.2) is 4.98 Å². The first-order valence-electron chi connectivity index (χ1n) is 6.16. The number of thiazole rings is 1. The molecule has 1 amide bonds. The Labute approximate surface area is 134 Å². The molecule has 2 N–H and O–H groups in total. The van der Waals surface area contributed by atoms with Gasteiger partial charge in [-0.3, -0.25) is 4.79 Å². The molecule has 1 aromatic carbocycles. The van der Waals surface area contributed by atoms with Gasteiger partial charge in [-0.1, -0.05) is 11.6 Å². The number of carbonyl (C=O) groups is 1. The first kappa shape index (κ1) is 14.3. The number of anilines is 1. The highest BCUT2D eigenvalue weighted by molar-refractivity contribution is 7.21. The van der Waals surface area contributed by atoms with Crippen LogP contribution in [0.4, 0.5) is 5.69 Å². The molecule has 0 fully saturated rings. The van der Waals surface area contributed by atoms with Crippen molar-refractivity contribution < 1.29 is 4.79 Å². The summed E-state index contributed by atoms with van der Waals surface area (Å²) in [7, 11) is 1.75. The number of carbonyl (C=O) groups excluding carboxylic acids is 1.